The van der Waals surface area contributed by atoms with Gasteiger partial charge >= 0.3 is 5.97 Å². The van der Waals surface area contributed by atoms with E-state index in [-0.39, 0.29) is 28.8 Å². The topological polar surface area (TPSA) is 93.0 Å². The van der Waals surface area contributed by atoms with Gasteiger partial charge in [0, 0.05) is 5.57 Å². The van der Waals surface area contributed by atoms with Gasteiger partial charge in [-0.25, -0.2) is 25.8 Å². The minimum absolute atomic E-state index is 0.0986. The molecule has 0 radical (unpaired) electrons. The monoisotopic (exact) mass is 483 g/mol. The summed E-state index contributed by atoms with van der Waals surface area (Å²) in [5.41, 5.74) is 0.198. The van der Waals surface area contributed by atoms with Crippen LogP contribution in [0.5, 0.6) is 0 Å². The first kappa shape index (κ1) is 21.0. The maximum absolute atomic E-state index is 12.6. The van der Waals surface area contributed by atoms with E-state index in [4.69, 9.17) is 74.7 Å². The molecule has 2 rings (SSSR count). The lowest BCUT2D eigenvalue weighted by molar-refractivity contribution is -0.133. The number of hydrogen-bond acceptors (Lipinski definition) is 5. The minimum atomic E-state index is -2.07. The highest BCUT2D eigenvalue weighted by molar-refractivity contribution is 8.22. The summed E-state index contributed by atoms with van der Waals surface area (Å²) in [6.45, 7) is 0. The number of alkyl halides is 6. The standard InChI is InChI=1S/C12H7Cl6N3O3S/c13-11(14,15)9-19-8(20-10(21-9)12(16,17)18)7(24)5-1-2-25(3-5)4-6(22)23/h1-3,25H,4H2,(H,22,23). The van der Waals surface area contributed by atoms with E-state index in [0.717, 1.165) is 0 Å². The van der Waals surface area contributed by atoms with Gasteiger partial charge in [0.05, 0.1) is 5.75 Å². The van der Waals surface area contributed by atoms with Gasteiger partial charge in [0.25, 0.3) is 0 Å². The molecule has 1 aromatic heterocycles. The summed E-state index contributed by atoms with van der Waals surface area (Å²) in [6.07, 6.45) is 1.48. The Morgan fingerprint density at radius 1 is 1.00 bits per heavy atom. The number of allylic oxidation sites excluding steroid dienone is 2. The van der Waals surface area contributed by atoms with Crippen LogP contribution in [0.25, 0.3) is 0 Å². The summed E-state index contributed by atoms with van der Waals surface area (Å²) in [4.78, 5) is 34.7. The van der Waals surface area contributed by atoms with Gasteiger partial charge in [-0.1, -0.05) is 69.6 Å². The maximum atomic E-state index is 12.6. The SMILES string of the molecule is O=C(O)C[SH]1C=CC(C(=O)c2nc(C(Cl)(Cl)Cl)nc(C(Cl)(Cl)Cl)n2)=C1. The second kappa shape index (κ2) is 7.76. The van der Waals surface area contributed by atoms with E-state index in [2.05, 4.69) is 15.0 Å². The van der Waals surface area contributed by atoms with Crippen LogP contribution in [0.3, 0.4) is 0 Å². The first-order valence-corrected chi connectivity index (χ1v) is 10.1. The van der Waals surface area contributed by atoms with Crippen molar-refractivity contribution < 1.29 is 14.7 Å². The van der Waals surface area contributed by atoms with Gasteiger partial charge < -0.3 is 5.11 Å². The molecule has 2 heterocycles. The van der Waals surface area contributed by atoms with Crippen LogP contribution in [0.1, 0.15) is 22.3 Å². The van der Waals surface area contributed by atoms with E-state index < -0.39 is 30.2 Å². The summed E-state index contributed by atoms with van der Waals surface area (Å²) in [5, 5.41) is 12.0. The van der Waals surface area contributed by atoms with Crippen LogP contribution in [0.2, 0.25) is 0 Å². The molecule has 0 fully saturated rings. The van der Waals surface area contributed by atoms with E-state index in [1.807, 2.05) is 0 Å². The Labute approximate surface area is 174 Å². The van der Waals surface area contributed by atoms with Gasteiger partial charge in [-0.3, -0.25) is 9.59 Å². The van der Waals surface area contributed by atoms with Crippen molar-refractivity contribution in [3.05, 3.63) is 39.9 Å². The quantitative estimate of drug-likeness (QED) is 0.377. The average Bonchev–Trinajstić information content (AvgIpc) is 2.91. The van der Waals surface area contributed by atoms with Gasteiger partial charge in [-0.15, -0.1) is 0 Å². The number of rotatable bonds is 4. The molecule has 0 spiro atoms. The molecule has 136 valence electrons. The van der Waals surface area contributed by atoms with Gasteiger partial charge in [-0.05, 0) is 16.9 Å². The fraction of sp³-hybridized carbons (Fsp3) is 0.250. The van der Waals surface area contributed by atoms with Gasteiger partial charge in [0.1, 0.15) is 0 Å². The van der Waals surface area contributed by atoms with Crippen LogP contribution in [-0.2, 0) is 12.4 Å². The molecule has 0 aliphatic carbocycles. The average molecular weight is 486 g/mol. The summed E-state index contributed by atoms with van der Waals surface area (Å²) < 4.78 is -4.14. The number of aromatic nitrogens is 3. The fourth-order valence-corrected chi connectivity index (χ4v) is 3.70. The maximum Gasteiger partial charge on any atom is 0.312 e. The minimum Gasteiger partial charge on any atom is -0.481 e. The highest BCUT2D eigenvalue weighted by Crippen LogP contribution is 2.41. The molecule has 1 aliphatic rings. The molecule has 13 heteroatoms. The predicted molar refractivity (Wildman–Crippen MR) is 101 cm³/mol. The molecular weight excluding hydrogens is 479 g/mol. The van der Waals surface area contributed by atoms with Crippen molar-refractivity contribution in [1.29, 1.82) is 0 Å². The number of Topliss-reactive ketones (excluding diaryl/α,β-unsaturated/α-hetero) is 1. The molecule has 0 saturated heterocycles. The van der Waals surface area contributed by atoms with Crippen molar-refractivity contribution in [3.63, 3.8) is 0 Å². The van der Waals surface area contributed by atoms with E-state index in [1.165, 1.54) is 11.5 Å². The molecule has 1 unspecified atom stereocenters. The number of carboxylic acid groups (broad SMARTS) is 1. The third kappa shape index (κ3) is 5.60. The van der Waals surface area contributed by atoms with Gasteiger partial charge in [0.15, 0.2) is 11.6 Å². The fourth-order valence-electron chi connectivity index (χ4n) is 1.69. The third-order valence-corrected chi connectivity index (χ3v) is 5.47. The number of carbonyl (C=O) groups excluding carboxylic acids is 1. The third-order valence-electron chi connectivity index (χ3n) is 2.68. The normalized spacial score (nSPS) is 19.0. The number of hydrogen-bond donors (Lipinski definition) is 2. The van der Waals surface area contributed by atoms with E-state index in [1.54, 1.807) is 5.41 Å². The number of nitrogens with zero attached hydrogens (tertiary/aromatic N) is 3. The largest absolute Gasteiger partial charge is 0.481 e. The van der Waals surface area contributed by atoms with Crippen LogP contribution in [0.15, 0.2) is 22.5 Å². The smallest absolute Gasteiger partial charge is 0.312 e. The highest BCUT2D eigenvalue weighted by atomic mass is 35.6. The molecule has 0 saturated carbocycles. The molecule has 0 amide bonds. The zero-order valence-corrected chi connectivity index (χ0v) is 17.2. The molecule has 6 nitrogen and oxygen atoms in total. The van der Waals surface area contributed by atoms with Crippen LogP contribution in [-0.4, -0.2) is 37.6 Å². The molecule has 1 atom stereocenters. The Hall–Kier alpha value is -0.280. The molecule has 1 aromatic rings. The van der Waals surface area contributed by atoms with Crippen molar-refractivity contribution in [3.8, 4) is 0 Å². The molecule has 25 heavy (non-hydrogen) atoms. The molecular formula is C12H7Cl6N3O3S. The number of thiol groups is 1. The predicted octanol–water partition coefficient (Wildman–Crippen LogP) is 4.20. The van der Waals surface area contributed by atoms with Crippen LogP contribution < -0.4 is 0 Å². The highest BCUT2D eigenvalue weighted by Gasteiger charge is 2.35. The lowest BCUT2D eigenvalue weighted by Crippen LogP contribution is -2.20. The number of aliphatic carboxylic acids is 1. The number of ketones is 1. The van der Waals surface area contributed by atoms with E-state index >= 15 is 0 Å². The van der Waals surface area contributed by atoms with Crippen molar-refractivity contribution >= 4 is 92.3 Å². The molecule has 0 aromatic carbocycles. The second-order valence-electron chi connectivity index (χ2n) is 4.60. The van der Waals surface area contributed by atoms with Crippen LogP contribution >= 0.6 is 80.5 Å². The van der Waals surface area contributed by atoms with Crippen molar-refractivity contribution in [1.82, 2.24) is 15.0 Å². The zero-order valence-electron chi connectivity index (χ0n) is 11.8. The second-order valence-corrected chi connectivity index (χ2v) is 11.1. The van der Waals surface area contributed by atoms with Gasteiger partial charge in [-0.2, -0.15) is 0 Å². The summed E-state index contributed by atoms with van der Waals surface area (Å²) in [7, 11) is -1.10. The van der Waals surface area contributed by atoms with E-state index in [9.17, 15) is 9.59 Å². The Morgan fingerprint density at radius 2 is 1.52 bits per heavy atom. The number of carbonyl (C=O) groups is 2. The molecule has 0 bridgehead atoms. The Kier molecular flexibility index (Phi) is 6.53. The Balaban J connectivity index is 2.43. The molecule has 1 N–H and O–H groups in total. The zero-order chi connectivity index (χ0) is 19.0. The first-order valence-electron chi connectivity index (χ1n) is 6.20. The van der Waals surface area contributed by atoms with Crippen LogP contribution in [0, 0.1) is 0 Å². The van der Waals surface area contributed by atoms with Crippen molar-refractivity contribution in [2.45, 2.75) is 7.59 Å². The number of halogens is 6. The van der Waals surface area contributed by atoms with Crippen LogP contribution in [0.4, 0.5) is 0 Å². The molecule has 1 aliphatic heterocycles. The summed E-state index contributed by atoms with van der Waals surface area (Å²) in [5.74, 6) is -2.86. The van der Waals surface area contributed by atoms with Crippen molar-refractivity contribution in [2.75, 3.05) is 5.75 Å². The Bertz CT molecular complexity index is 755. The van der Waals surface area contributed by atoms with Gasteiger partial charge in [0.2, 0.25) is 19.2 Å². The lowest BCUT2D eigenvalue weighted by atomic mass is 10.2. The lowest BCUT2D eigenvalue weighted by Gasteiger charge is -2.15. The Morgan fingerprint density at radius 3 is 1.96 bits per heavy atom. The summed E-state index contributed by atoms with van der Waals surface area (Å²) >= 11 is 34.5. The first-order chi connectivity index (χ1) is 11.4. The van der Waals surface area contributed by atoms with Crippen molar-refractivity contribution in [2.24, 2.45) is 0 Å². The van der Waals surface area contributed by atoms with E-state index in [0.29, 0.717) is 0 Å². The summed E-state index contributed by atoms with van der Waals surface area (Å²) in [6, 6.07) is 0. The number of carboxylic acids is 1.